The molecule has 0 amide bonds. The van der Waals surface area contributed by atoms with Crippen molar-refractivity contribution in [2.24, 2.45) is 4.40 Å². The summed E-state index contributed by atoms with van der Waals surface area (Å²) in [6.45, 7) is 0. The van der Waals surface area contributed by atoms with Crippen molar-refractivity contribution >= 4 is 17.8 Å². The van der Waals surface area contributed by atoms with E-state index in [0.29, 0.717) is 6.04 Å². The van der Waals surface area contributed by atoms with Crippen LogP contribution in [-0.2, 0) is 0 Å². The van der Waals surface area contributed by atoms with E-state index in [1.165, 1.54) is 12.1 Å². The Balaban J connectivity index is 2.30. The highest BCUT2D eigenvalue weighted by Crippen LogP contribution is 2.25. The van der Waals surface area contributed by atoms with E-state index in [4.69, 9.17) is 0 Å². The Labute approximate surface area is 64.6 Å². The topological polar surface area (TPSA) is 15.6 Å². The molecule has 1 aliphatic heterocycles. The third kappa shape index (κ3) is 0.822. The molecule has 0 aromatic heterocycles. The lowest BCUT2D eigenvalue weighted by Crippen LogP contribution is -2.26. The highest BCUT2D eigenvalue weighted by molar-refractivity contribution is 7.96. The highest BCUT2D eigenvalue weighted by atomic mass is 32.2. The molecule has 0 aromatic carbocycles. The van der Waals surface area contributed by atoms with Crippen molar-refractivity contribution in [1.82, 2.24) is 4.31 Å². The molecular formula is C7H8N2S. The molecule has 3 heteroatoms. The summed E-state index contributed by atoms with van der Waals surface area (Å²) in [6.07, 6.45) is 8.29. The van der Waals surface area contributed by atoms with Crippen LogP contribution in [0.15, 0.2) is 28.7 Å². The quantitative estimate of drug-likeness (QED) is 0.488. The van der Waals surface area contributed by atoms with Crippen molar-refractivity contribution < 1.29 is 0 Å². The second kappa shape index (κ2) is 2.25. The van der Waals surface area contributed by atoms with Gasteiger partial charge in [0.05, 0.1) is 23.9 Å². The van der Waals surface area contributed by atoms with E-state index in [-0.39, 0.29) is 0 Å². The molecule has 0 fully saturated rings. The van der Waals surface area contributed by atoms with Gasteiger partial charge in [-0.3, -0.25) is 0 Å². The SMILES string of the molecule is CN1SN=C2C=CC=CC21. The van der Waals surface area contributed by atoms with Crippen LogP contribution in [0.5, 0.6) is 0 Å². The van der Waals surface area contributed by atoms with Crippen LogP contribution in [-0.4, -0.2) is 23.1 Å². The van der Waals surface area contributed by atoms with Gasteiger partial charge in [0, 0.05) is 7.05 Å². The molecule has 0 saturated carbocycles. The largest absolute Gasteiger partial charge is 0.221 e. The molecule has 0 radical (unpaired) electrons. The lowest BCUT2D eigenvalue weighted by Gasteiger charge is -2.14. The molecule has 52 valence electrons. The Morgan fingerprint density at radius 2 is 2.50 bits per heavy atom. The van der Waals surface area contributed by atoms with Crippen molar-refractivity contribution in [3.63, 3.8) is 0 Å². The van der Waals surface area contributed by atoms with Crippen LogP contribution in [0.3, 0.4) is 0 Å². The van der Waals surface area contributed by atoms with Crippen molar-refractivity contribution in [1.29, 1.82) is 0 Å². The monoisotopic (exact) mass is 152 g/mol. The van der Waals surface area contributed by atoms with Crippen LogP contribution < -0.4 is 0 Å². The number of hydrogen-bond acceptors (Lipinski definition) is 3. The number of fused-ring (bicyclic) bond motifs is 1. The lowest BCUT2D eigenvalue weighted by molar-refractivity contribution is 0.583. The average molecular weight is 152 g/mol. The number of likely N-dealkylation sites (N-methyl/N-ethyl adjacent to an activating group) is 1. The molecule has 10 heavy (non-hydrogen) atoms. The molecule has 1 heterocycles. The molecule has 0 aromatic rings. The molecule has 0 N–H and O–H groups in total. The first-order valence-electron chi connectivity index (χ1n) is 3.20. The second-order valence-electron chi connectivity index (χ2n) is 2.33. The van der Waals surface area contributed by atoms with Crippen LogP contribution in [0.4, 0.5) is 0 Å². The zero-order valence-electron chi connectivity index (χ0n) is 5.69. The smallest absolute Gasteiger partial charge is 0.0828 e. The predicted octanol–water partition coefficient (Wildman–Crippen LogP) is 1.43. The van der Waals surface area contributed by atoms with Gasteiger partial charge in [0.1, 0.15) is 0 Å². The van der Waals surface area contributed by atoms with Gasteiger partial charge < -0.3 is 0 Å². The fourth-order valence-corrected chi connectivity index (χ4v) is 1.75. The maximum absolute atomic E-state index is 4.26. The van der Waals surface area contributed by atoms with E-state index < -0.39 is 0 Å². The van der Waals surface area contributed by atoms with E-state index in [0.717, 1.165) is 5.71 Å². The van der Waals surface area contributed by atoms with E-state index in [9.17, 15) is 0 Å². The van der Waals surface area contributed by atoms with Crippen LogP contribution >= 0.6 is 12.1 Å². The van der Waals surface area contributed by atoms with Crippen LogP contribution in [0.2, 0.25) is 0 Å². The molecule has 0 spiro atoms. The number of rotatable bonds is 0. The van der Waals surface area contributed by atoms with Crippen molar-refractivity contribution in [2.75, 3.05) is 7.05 Å². The Hall–Kier alpha value is -0.540. The summed E-state index contributed by atoms with van der Waals surface area (Å²) in [5.41, 5.74) is 1.16. The zero-order valence-corrected chi connectivity index (χ0v) is 6.51. The molecule has 1 aliphatic carbocycles. The van der Waals surface area contributed by atoms with Gasteiger partial charge in [0.25, 0.3) is 0 Å². The molecule has 2 rings (SSSR count). The molecule has 0 saturated heterocycles. The normalized spacial score (nSPS) is 30.5. The van der Waals surface area contributed by atoms with Gasteiger partial charge >= 0.3 is 0 Å². The molecule has 2 aliphatic rings. The first-order chi connectivity index (χ1) is 4.88. The van der Waals surface area contributed by atoms with Gasteiger partial charge in [-0.15, -0.1) is 0 Å². The maximum atomic E-state index is 4.26. The Kier molecular flexibility index (Phi) is 1.39. The molecule has 1 atom stereocenters. The molecule has 2 nitrogen and oxygen atoms in total. The fraction of sp³-hybridized carbons (Fsp3) is 0.286. The Morgan fingerprint density at radius 3 is 3.30 bits per heavy atom. The predicted molar refractivity (Wildman–Crippen MR) is 44.9 cm³/mol. The van der Waals surface area contributed by atoms with E-state index in [2.05, 4.69) is 34.0 Å². The number of nitrogens with zero attached hydrogens (tertiary/aromatic N) is 2. The molecule has 0 bridgehead atoms. The highest BCUT2D eigenvalue weighted by Gasteiger charge is 2.23. The van der Waals surface area contributed by atoms with Gasteiger partial charge in [-0.05, 0) is 6.08 Å². The van der Waals surface area contributed by atoms with E-state index in [1.807, 2.05) is 6.08 Å². The molecular weight excluding hydrogens is 144 g/mol. The zero-order chi connectivity index (χ0) is 6.97. The average Bonchev–Trinajstić information content (AvgIpc) is 2.34. The standard InChI is InChI=1S/C7H8N2S/c1-9-7-5-3-2-4-6(7)8-10-9/h2-5,7H,1H3. The Morgan fingerprint density at radius 1 is 1.60 bits per heavy atom. The lowest BCUT2D eigenvalue weighted by atomic mass is 10.1. The summed E-state index contributed by atoms with van der Waals surface area (Å²) >= 11 is 1.52. The minimum absolute atomic E-state index is 0.412. The Bertz CT molecular complexity index is 230. The summed E-state index contributed by atoms with van der Waals surface area (Å²) in [7, 11) is 2.05. The van der Waals surface area contributed by atoms with Crippen LogP contribution in [0.25, 0.3) is 0 Å². The van der Waals surface area contributed by atoms with Crippen molar-refractivity contribution in [3.05, 3.63) is 24.3 Å². The van der Waals surface area contributed by atoms with Gasteiger partial charge in [-0.2, -0.15) is 0 Å². The summed E-state index contributed by atoms with van der Waals surface area (Å²) in [4.78, 5) is 0. The van der Waals surface area contributed by atoms with E-state index >= 15 is 0 Å². The second-order valence-corrected chi connectivity index (χ2v) is 3.25. The van der Waals surface area contributed by atoms with Crippen molar-refractivity contribution in [3.8, 4) is 0 Å². The van der Waals surface area contributed by atoms with Gasteiger partial charge in [-0.25, -0.2) is 8.70 Å². The fourth-order valence-electron chi connectivity index (χ4n) is 1.07. The van der Waals surface area contributed by atoms with Gasteiger partial charge in [0.15, 0.2) is 0 Å². The first-order valence-corrected chi connectivity index (χ1v) is 3.94. The third-order valence-corrected chi connectivity index (χ3v) is 2.42. The third-order valence-electron chi connectivity index (χ3n) is 1.64. The summed E-state index contributed by atoms with van der Waals surface area (Å²) in [5, 5.41) is 0. The van der Waals surface area contributed by atoms with E-state index in [1.54, 1.807) is 0 Å². The van der Waals surface area contributed by atoms with Crippen LogP contribution in [0, 0.1) is 0 Å². The van der Waals surface area contributed by atoms with Crippen LogP contribution in [0.1, 0.15) is 0 Å². The number of allylic oxidation sites excluding steroid dienone is 2. The minimum atomic E-state index is 0.412. The molecule has 1 unspecified atom stereocenters. The van der Waals surface area contributed by atoms with Gasteiger partial charge in [-0.1, -0.05) is 18.2 Å². The summed E-state index contributed by atoms with van der Waals surface area (Å²) in [6, 6.07) is 0.412. The van der Waals surface area contributed by atoms with Crippen molar-refractivity contribution in [2.45, 2.75) is 6.04 Å². The van der Waals surface area contributed by atoms with Gasteiger partial charge in [0.2, 0.25) is 0 Å². The number of hydrogen-bond donors (Lipinski definition) is 0. The summed E-state index contributed by atoms with van der Waals surface area (Å²) < 4.78 is 6.39. The maximum Gasteiger partial charge on any atom is 0.0828 e. The first kappa shape index (κ1) is 6.19. The summed E-state index contributed by atoms with van der Waals surface area (Å²) in [5.74, 6) is 0. The minimum Gasteiger partial charge on any atom is -0.221 e.